The summed E-state index contributed by atoms with van der Waals surface area (Å²) in [5, 5.41) is 4.43. The van der Waals surface area contributed by atoms with Gasteiger partial charge in [-0.15, -0.1) is 0 Å². The lowest BCUT2D eigenvalue weighted by molar-refractivity contribution is 0.669. The second-order valence-corrected chi connectivity index (χ2v) is 15.6. The van der Waals surface area contributed by atoms with Gasteiger partial charge < -0.3 is 4.42 Å². The van der Waals surface area contributed by atoms with E-state index in [1.54, 1.807) is 0 Å². The Morgan fingerprint density at radius 2 is 0.742 bits per heavy atom. The number of hydrogen-bond acceptors (Lipinski definition) is 4. The van der Waals surface area contributed by atoms with Crippen molar-refractivity contribution in [3.05, 3.63) is 218 Å². The molecule has 290 valence electrons. The van der Waals surface area contributed by atoms with Crippen LogP contribution in [-0.2, 0) is 0 Å². The lowest BCUT2D eigenvalue weighted by Gasteiger charge is -2.12. The molecule has 0 aliphatic heterocycles. The Morgan fingerprint density at radius 3 is 1.44 bits per heavy atom. The zero-order valence-electron chi connectivity index (χ0n) is 33.5. The fraction of sp³-hybridized carbons (Fsp3) is 0. The predicted octanol–water partition coefficient (Wildman–Crippen LogP) is 14.9. The Bertz CT molecular complexity index is 3610. The highest BCUT2D eigenvalue weighted by molar-refractivity contribution is 6.11. The Morgan fingerprint density at radius 1 is 0.274 bits per heavy atom. The number of aromatic nitrogens is 4. The third kappa shape index (κ3) is 6.23. The number of para-hydroxylation sites is 1. The van der Waals surface area contributed by atoms with E-state index < -0.39 is 0 Å². The monoisotopic (exact) mass is 792 g/mol. The van der Waals surface area contributed by atoms with Crippen LogP contribution in [0.4, 0.5) is 0 Å². The van der Waals surface area contributed by atoms with Crippen LogP contribution in [-0.4, -0.2) is 19.5 Å². The molecule has 0 spiro atoms. The van der Waals surface area contributed by atoms with Crippen molar-refractivity contribution >= 4 is 43.7 Å². The molecule has 0 amide bonds. The molecule has 0 aliphatic rings. The van der Waals surface area contributed by atoms with Gasteiger partial charge in [0, 0.05) is 32.7 Å². The topological polar surface area (TPSA) is 56.7 Å². The molecule has 3 heterocycles. The molecule has 0 N–H and O–H groups in total. The quantitative estimate of drug-likeness (QED) is 0.161. The maximum Gasteiger partial charge on any atom is 0.238 e. The van der Waals surface area contributed by atoms with Gasteiger partial charge in [0.2, 0.25) is 5.95 Å². The molecule has 62 heavy (non-hydrogen) atoms. The van der Waals surface area contributed by atoms with Crippen LogP contribution >= 0.6 is 0 Å². The van der Waals surface area contributed by atoms with E-state index in [2.05, 4.69) is 180 Å². The number of hydrogen-bond donors (Lipinski definition) is 0. The number of rotatable bonds is 7. The van der Waals surface area contributed by atoms with Gasteiger partial charge in [0.1, 0.15) is 11.2 Å². The Hall–Kier alpha value is -8.41. The van der Waals surface area contributed by atoms with Gasteiger partial charge in [0.25, 0.3) is 0 Å². The molecule has 0 bridgehead atoms. The van der Waals surface area contributed by atoms with Crippen LogP contribution in [0.5, 0.6) is 0 Å². The van der Waals surface area contributed by atoms with E-state index in [0.29, 0.717) is 17.6 Å². The fourth-order valence-electron chi connectivity index (χ4n) is 8.76. The smallest absolute Gasteiger partial charge is 0.238 e. The summed E-state index contributed by atoms with van der Waals surface area (Å²) in [4.78, 5) is 15.6. The van der Waals surface area contributed by atoms with E-state index in [1.807, 2.05) is 42.5 Å². The SMILES string of the molecule is c1ccc(-c2cccc(-c3ccc(-c4nc(-c5ccccc5)nc(-n5c6ccccc6c6ccc(-c7ccc8oc9cc(-c%10ccccc%10)ccc9c8c7)cc65)n4)cc3)c2)cc1. The Kier molecular flexibility index (Phi) is 8.42. The van der Waals surface area contributed by atoms with Crippen molar-refractivity contribution < 1.29 is 4.42 Å². The summed E-state index contributed by atoms with van der Waals surface area (Å²) >= 11 is 0. The fourth-order valence-corrected chi connectivity index (χ4v) is 8.76. The maximum absolute atomic E-state index is 6.41. The highest BCUT2D eigenvalue weighted by atomic mass is 16.3. The second kappa shape index (κ2) is 14.7. The normalized spacial score (nSPS) is 11.5. The van der Waals surface area contributed by atoms with Crippen molar-refractivity contribution in [3.63, 3.8) is 0 Å². The van der Waals surface area contributed by atoms with Gasteiger partial charge >= 0.3 is 0 Å². The number of furan rings is 1. The van der Waals surface area contributed by atoms with Crippen molar-refractivity contribution in [1.29, 1.82) is 0 Å². The summed E-state index contributed by atoms with van der Waals surface area (Å²) in [6.45, 7) is 0. The highest BCUT2D eigenvalue weighted by Gasteiger charge is 2.19. The van der Waals surface area contributed by atoms with Crippen molar-refractivity contribution in [2.24, 2.45) is 0 Å². The van der Waals surface area contributed by atoms with Gasteiger partial charge in [-0.05, 0) is 87.0 Å². The van der Waals surface area contributed by atoms with Crippen molar-refractivity contribution in [3.8, 4) is 73.2 Å². The van der Waals surface area contributed by atoms with Crippen LogP contribution in [0.15, 0.2) is 223 Å². The van der Waals surface area contributed by atoms with Gasteiger partial charge in [-0.25, -0.2) is 4.98 Å². The van der Waals surface area contributed by atoms with Crippen molar-refractivity contribution in [1.82, 2.24) is 19.5 Å². The zero-order chi connectivity index (χ0) is 41.0. The summed E-state index contributed by atoms with van der Waals surface area (Å²) in [6, 6.07) is 76.4. The molecule has 0 radical (unpaired) electrons. The van der Waals surface area contributed by atoms with Crippen molar-refractivity contribution in [2.45, 2.75) is 0 Å². The minimum Gasteiger partial charge on any atom is -0.456 e. The average Bonchev–Trinajstić information content (AvgIpc) is 3.89. The Balaban J connectivity index is 0.979. The summed E-state index contributed by atoms with van der Waals surface area (Å²) < 4.78 is 8.60. The first-order valence-electron chi connectivity index (χ1n) is 20.8. The summed E-state index contributed by atoms with van der Waals surface area (Å²) in [5.74, 6) is 1.77. The highest BCUT2D eigenvalue weighted by Crippen LogP contribution is 2.38. The predicted molar refractivity (Wildman–Crippen MR) is 254 cm³/mol. The summed E-state index contributed by atoms with van der Waals surface area (Å²) in [5.41, 5.74) is 14.7. The van der Waals surface area contributed by atoms with Crippen LogP contribution in [0.3, 0.4) is 0 Å². The largest absolute Gasteiger partial charge is 0.456 e. The molecule has 0 unspecified atom stereocenters. The third-order valence-corrected chi connectivity index (χ3v) is 11.9. The molecule has 12 aromatic rings. The first kappa shape index (κ1) is 35.5. The minimum atomic E-state index is 0.558. The second-order valence-electron chi connectivity index (χ2n) is 15.6. The molecule has 0 saturated heterocycles. The van der Waals surface area contributed by atoms with Gasteiger partial charge in [-0.1, -0.05) is 176 Å². The van der Waals surface area contributed by atoms with Crippen LogP contribution < -0.4 is 0 Å². The number of fused-ring (bicyclic) bond motifs is 6. The molecule has 12 rings (SSSR count). The van der Waals surface area contributed by atoms with Crippen LogP contribution in [0.25, 0.3) is 117 Å². The first-order valence-corrected chi connectivity index (χ1v) is 20.8. The lowest BCUT2D eigenvalue weighted by Crippen LogP contribution is -2.06. The van der Waals surface area contributed by atoms with E-state index in [0.717, 1.165) is 82.7 Å². The molecule has 5 heteroatoms. The average molecular weight is 793 g/mol. The van der Waals surface area contributed by atoms with E-state index in [-0.39, 0.29) is 0 Å². The minimum absolute atomic E-state index is 0.558. The molecule has 0 aliphatic carbocycles. The van der Waals surface area contributed by atoms with Gasteiger partial charge in [-0.2, -0.15) is 9.97 Å². The van der Waals surface area contributed by atoms with Gasteiger partial charge in [0.05, 0.1) is 11.0 Å². The number of benzene rings is 9. The molecule has 0 fully saturated rings. The molecule has 0 atom stereocenters. The molecular formula is C57H36N4O. The van der Waals surface area contributed by atoms with Gasteiger partial charge in [0.15, 0.2) is 11.6 Å². The maximum atomic E-state index is 6.41. The number of nitrogens with zero attached hydrogens (tertiary/aromatic N) is 4. The molecule has 0 saturated carbocycles. The van der Waals surface area contributed by atoms with E-state index >= 15 is 0 Å². The van der Waals surface area contributed by atoms with E-state index in [4.69, 9.17) is 19.4 Å². The molecule has 9 aromatic carbocycles. The standard InChI is InChI=1S/C57H36N4O/c1-4-13-37(14-5-1)42-19-12-20-43(33-42)39-23-25-41(26-24-39)56-58-55(40-17-8-3-9-18-40)59-57(60-56)61-51-22-11-10-21-47(51)48-30-27-45(35-52(48)61)44-29-32-53-50(34-44)49-31-28-46(36-54(49)62-53)38-15-6-2-7-16-38/h1-36H. The molecule has 3 aromatic heterocycles. The van der Waals surface area contributed by atoms with Crippen LogP contribution in [0.1, 0.15) is 0 Å². The first-order chi connectivity index (χ1) is 30.7. The summed E-state index contributed by atoms with van der Waals surface area (Å²) in [7, 11) is 0. The lowest BCUT2D eigenvalue weighted by atomic mass is 9.98. The van der Waals surface area contributed by atoms with E-state index in [1.165, 1.54) is 16.7 Å². The van der Waals surface area contributed by atoms with E-state index in [9.17, 15) is 0 Å². The Labute approximate surface area is 357 Å². The van der Waals surface area contributed by atoms with Gasteiger partial charge in [-0.3, -0.25) is 4.57 Å². The molecule has 5 nitrogen and oxygen atoms in total. The van der Waals surface area contributed by atoms with Crippen molar-refractivity contribution in [2.75, 3.05) is 0 Å². The summed E-state index contributed by atoms with van der Waals surface area (Å²) in [6.07, 6.45) is 0. The molecular weight excluding hydrogens is 757 g/mol. The third-order valence-electron chi connectivity index (χ3n) is 11.9. The zero-order valence-corrected chi connectivity index (χ0v) is 33.5. The van der Waals surface area contributed by atoms with Crippen LogP contribution in [0.2, 0.25) is 0 Å². The van der Waals surface area contributed by atoms with Crippen LogP contribution in [0, 0.1) is 0 Å².